The molecule has 3 aromatic carbocycles. The van der Waals surface area contributed by atoms with Gasteiger partial charge in [-0.05, 0) is 86.1 Å². The van der Waals surface area contributed by atoms with Crippen LogP contribution in [0.25, 0.3) is 22.3 Å². The van der Waals surface area contributed by atoms with E-state index in [4.69, 9.17) is 9.47 Å². The van der Waals surface area contributed by atoms with E-state index >= 15 is 0 Å². The first-order valence-corrected chi connectivity index (χ1v) is 14.2. The van der Waals surface area contributed by atoms with Crippen molar-refractivity contribution in [3.63, 3.8) is 0 Å². The molecule has 194 valence electrons. The third kappa shape index (κ3) is 9.37. The predicted octanol–water partition coefficient (Wildman–Crippen LogP) is 10.5. The highest BCUT2D eigenvalue weighted by Gasteiger charge is 2.07. The maximum Gasteiger partial charge on any atom is 0.119 e. The molecule has 0 aliphatic carbocycles. The summed E-state index contributed by atoms with van der Waals surface area (Å²) in [7, 11) is 0. The molecule has 0 fully saturated rings. The summed E-state index contributed by atoms with van der Waals surface area (Å²) in [6, 6.07) is 25.8. The largest absolute Gasteiger partial charge is 0.491 e. The van der Waals surface area contributed by atoms with Gasteiger partial charge < -0.3 is 9.47 Å². The minimum absolute atomic E-state index is 0.262. The summed E-state index contributed by atoms with van der Waals surface area (Å²) in [5, 5.41) is 0. The second-order valence-corrected chi connectivity index (χ2v) is 10.2. The Kier molecular flexibility index (Phi) is 11.9. The lowest BCUT2D eigenvalue weighted by molar-refractivity contribution is 0.206. The van der Waals surface area contributed by atoms with Crippen LogP contribution in [-0.4, -0.2) is 12.2 Å². The Labute approximate surface area is 220 Å². The fourth-order valence-electron chi connectivity index (χ4n) is 4.61. The first kappa shape index (κ1) is 27.8. The van der Waals surface area contributed by atoms with Crippen molar-refractivity contribution in [2.45, 2.75) is 104 Å². The molecule has 0 unspecified atom stereocenters. The summed E-state index contributed by atoms with van der Waals surface area (Å²) < 4.78 is 12.2. The van der Waals surface area contributed by atoms with Gasteiger partial charge in [-0.3, -0.25) is 0 Å². The van der Waals surface area contributed by atoms with Gasteiger partial charge in [-0.1, -0.05) is 101 Å². The van der Waals surface area contributed by atoms with Gasteiger partial charge >= 0.3 is 0 Å². The van der Waals surface area contributed by atoms with Crippen LogP contribution in [-0.2, 0) is 0 Å². The van der Waals surface area contributed by atoms with Gasteiger partial charge in [-0.15, -0.1) is 0 Å². The highest BCUT2D eigenvalue weighted by atomic mass is 16.5. The number of ether oxygens (including phenoxy) is 2. The van der Waals surface area contributed by atoms with Gasteiger partial charge in [0, 0.05) is 0 Å². The molecule has 2 nitrogen and oxygen atoms in total. The molecule has 0 aromatic heterocycles. The number of rotatable bonds is 16. The van der Waals surface area contributed by atoms with Crippen molar-refractivity contribution in [1.29, 1.82) is 0 Å². The maximum absolute atomic E-state index is 6.11. The zero-order valence-corrected chi connectivity index (χ0v) is 23.0. The first-order valence-electron chi connectivity index (χ1n) is 14.2. The topological polar surface area (TPSA) is 18.5 Å². The Hall–Kier alpha value is -2.74. The van der Waals surface area contributed by atoms with E-state index in [1.54, 1.807) is 0 Å². The molecule has 0 saturated heterocycles. The molecule has 0 spiro atoms. The third-order valence-corrected chi connectivity index (χ3v) is 6.86. The SMILES string of the molecule is CCCCCC[C@@H](C)Oc1ccc(-c2ccc(-c3ccc(O[C@H](C)CCCCCC)cc3)cc2)cc1. The van der Waals surface area contributed by atoms with E-state index in [0.717, 1.165) is 24.3 Å². The third-order valence-electron chi connectivity index (χ3n) is 6.86. The monoisotopic (exact) mass is 486 g/mol. The summed E-state index contributed by atoms with van der Waals surface area (Å²) in [6.45, 7) is 8.85. The zero-order valence-electron chi connectivity index (χ0n) is 23.0. The predicted molar refractivity (Wildman–Crippen MR) is 155 cm³/mol. The van der Waals surface area contributed by atoms with E-state index in [-0.39, 0.29) is 12.2 Å². The summed E-state index contributed by atoms with van der Waals surface area (Å²) in [5.74, 6) is 1.91. The molecule has 0 aliphatic heterocycles. The zero-order chi connectivity index (χ0) is 25.6. The van der Waals surface area contributed by atoms with Gasteiger partial charge in [0.2, 0.25) is 0 Å². The van der Waals surface area contributed by atoms with E-state index in [2.05, 4.69) is 100 Å². The lowest BCUT2D eigenvalue weighted by Gasteiger charge is -2.15. The van der Waals surface area contributed by atoms with Crippen LogP contribution < -0.4 is 9.47 Å². The summed E-state index contributed by atoms with van der Waals surface area (Å²) in [4.78, 5) is 0. The first-order chi connectivity index (χ1) is 17.6. The Morgan fingerprint density at radius 2 is 0.750 bits per heavy atom. The lowest BCUT2D eigenvalue weighted by atomic mass is 10.0. The van der Waals surface area contributed by atoms with Crippen LogP contribution in [0, 0.1) is 0 Å². The molecule has 2 atom stereocenters. The smallest absolute Gasteiger partial charge is 0.119 e. The van der Waals surface area contributed by atoms with Gasteiger partial charge in [0.15, 0.2) is 0 Å². The van der Waals surface area contributed by atoms with Crippen molar-refractivity contribution in [3.05, 3.63) is 72.8 Å². The van der Waals surface area contributed by atoms with Crippen LogP contribution in [0.1, 0.15) is 91.9 Å². The molecule has 2 heteroatoms. The summed E-state index contributed by atoms with van der Waals surface area (Å²) in [5.41, 5.74) is 4.85. The Morgan fingerprint density at radius 1 is 0.444 bits per heavy atom. The normalized spacial score (nSPS) is 12.8. The maximum atomic E-state index is 6.11. The van der Waals surface area contributed by atoms with Gasteiger partial charge in [-0.2, -0.15) is 0 Å². The highest BCUT2D eigenvalue weighted by molar-refractivity contribution is 5.71. The molecule has 0 bridgehead atoms. The van der Waals surface area contributed by atoms with E-state index < -0.39 is 0 Å². The van der Waals surface area contributed by atoms with Gasteiger partial charge in [0.05, 0.1) is 12.2 Å². The number of unbranched alkanes of at least 4 members (excludes halogenated alkanes) is 6. The average Bonchev–Trinajstić information content (AvgIpc) is 2.90. The molecule has 3 aromatic rings. The number of hydrogen-bond donors (Lipinski definition) is 0. The van der Waals surface area contributed by atoms with E-state index in [1.165, 1.54) is 73.6 Å². The fourth-order valence-corrected chi connectivity index (χ4v) is 4.61. The summed E-state index contributed by atoms with van der Waals surface area (Å²) in [6.07, 6.45) is 13.0. The molecule has 0 N–H and O–H groups in total. The van der Waals surface area contributed by atoms with Crippen molar-refractivity contribution in [2.75, 3.05) is 0 Å². The Bertz CT molecular complexity index is 891. The fraction of sp³-hybridized carbons (Fsp3) is 0.471. The molecule has 36 heavy (non-hydrogen) atoms. The quantitative estimate of drug-likeness (QED) is 0.187. The average molecular weight is 487 g/mol. The summed E-state index contributed by atoms with van der Waals surface area (Å²) >= 11 is 0. The second kappa shape index (κ2) is 15.4. The molecule has 0 aliphatic rings. The van der Waals surface area contributed by atoms with Gasteiger partial charge in [-0.25, -0.2) is 0 Å². The van der Waals surface area contributed by atoms with E-state index in [0.29, 0.717) is 0 Å². The van der Waals surface area contributed by atoms with Crippen LogP contribution in [0.3, 0.4) is 0 Å². The number of hydrogen-bond acceptors (Lipinski definition) is 2. The standard InChI is InChI=1S/C34H46O2/c1-5-7-9-11-13-27(3)35-33-23-19-31(20-24-33)29-15-17-30(18-16-29)32-21-25-34(26-22-32)36-28(4)14-12-10-8-6-2/h15-28H,5-14H2,1-4H3/t27-,28-/m1/s1. The Balaban J connectivity index is 1.51. The highest BCUT2D eigenvalue weighted by Crippen LogP contribution is 2.28. The Morgan fingerprint density at radius 3 is 1.06 bits per heavy atom. The van der Waals surface area contributed by atoms with E-state index in [9.17, 15) is 0 Å². The minimum atomic E-state index is 0.262. The van der Waals surface area contributed by atoms with Crippen LogP contribution >= 0.6 is 0 Å². The molecule has 0 radical (unpaired) electrons. The lowest BCUT2D eigenvalue weighted by Crippen LogP contribution is -2.11. The van der Waals surface area contributed by atoms with Crippen LogP contribution in [0.5, 0.6) is 11.5 Å². The number of benzene rings is 3. The van der Waals surface area contributed by atoms with Crippen LogP contribution in [0.15, 0.2) is 72.8 Å². The van der Waals surface area contributed by atoms with Crippen LogP contribution in [0.4, 0.5) is 0 Å². The van der Waals surface area contributed by atoms with Crippen molar-refractivity contribution in [3.8, 4) is 33.8 Å². The van der Waals surface area contributed by atoms with Crippen molar-refractivity contribution in [2.24, 2.45) is 0 Å². The van der Waals surface area contributed by atoms with Crippen molar-refractivity contribution >= 4 is 0 Å². The molecule has 0 heterocycles. The molecular formula is C34H46O2. The van der Waals surface area contributed by atoms with Gasteiger partial charge in [0.1, 0.15) is 11.5 Å². The minimum Gasteiger partial charge on any atom is -0.491 e. The molecule has 3 rings (SSSR count). The molecular weight excluding hydrogens is 440 g/mol. The van der Waals surface area contributed by atoms with Crippen LogP contribution in [0.2, 0.25) is 0 Å². The van der Waals surface area contributed by atoms with Crippen molar-refractivity contribution < 1.29 is 9.47 Å². The van der Waals surface area contributed by atoms with E-state index in [1.807, 2.05) is 0 Å². The van der Waals surface area contributed by atoms with Gasteiger partial charge in [0.25, 0.3) is 0 Å². The molecule has 0 amide bonds. The van der Waals surface area contributed by atoms with Crippen molar-refractivity contribution in [1.82, 2.24) is 0 Å². The molecule has 0 saturated carbocycles. The second-order valence-electron chi connectivity index (χ2n) is 10.2.